The molecule has 0 aliphatic heterocycles. The standard InChI is InChI=1S/C34H26N2O4/c37-33(21-39-27-17-15-23-7-1-3-9-25(23)19-27)35-31-13-5-12-30-29(31)11-6-14-32(30)36-34(38)22-40-28-18-16-24-8-2-4-10-26(24)20-28/h1-20H,21-22H2,(H,35,37)(H,36,38). The number of hydrogen-bond donors (Lipinski definition) is 2. The highest BCUT2D eigenvalue weighted by atomic mass is 16.5. The van der Waals surface area contributed by atoms with Gasteiger partial charge in [0.1, 0.15) is 11.5 Å². The minimum Gasteiger partial charge on any atom is -0.484 e. The van der Waals surface area contributed by atoms with Crippen LogP contribution in [0.1, 0.15) is 0 Å². The van der Waals surface area contributed by atoms with E-state index in [1.807, 2.05) is 121 Å². The lowest BCUT2D eigenvalue weighted by Crippen LogP contribution is -2.21. The van der Waals surface area contributed by atoms with E-state index in [1.165, 1.54) is 0 Å². The third-order valence-electron chi connectivity index (χ3n) is 6.65. The molecular weight excluding hydrogens is 500 g/mol. The third kappa shape index (κ3) is 5.56. The number of rotatable bonds is 8. The smallest absolute Gasteiger partial charge is 0.262 e. The molecule has 0 aromatic heterocycles. The molecule has 196 valence electrons. The van der Waals surface area contributed by atoms with Crippen LogP contribution in [-0.4, -0.2) is 25.0 Å². The molecule has 0 aliphatic carbocycles. The highest BCUT2D eigenvalue weighted by Gasteiger charge is 2.11. The average Bonchev–Trinajstić information content (AvgIpc) is 2.99. The summed E-state index contributed by atoms with van der Waals surface area (Å²) in [5, 5.41) is 11.8. The summed E-state index contributed by atoms with van der Waals surface area (Å²) in [4.78, 5) is 25.5. The number of ether oxygens (including phenoxy) is 2. The second-order valence-corrected chi connectivity index (χ2v) is 9.40. The molecule has 0 saturated carbocycles. The van der Waals surface area contributed by atoms with Crippen LogP contribution in [-0.2, 0) is 9.59 Å². The van der Waals surface area contributed by atoms with Crippen LogP contribution >= 0.6 is 0 Å². The summed E-state index contributed by atoms with van der Waals surface area (Å²) in [6.45, 7) is -0.255. The highest BCUT2D eigenvalue weighted by Crippen LogP contribution is 2.30. The average molecular weight is 527 g/mol. The van der Waals surface area contributed by atoms with Crippen molar-refractivity contribution in [1.82, 2.24) is 0 Å². The topological polar surface area (TPSA) is 76.7 Å². The molecule has 2 amide bonds. The van der Waals surface area contributed by atoms with Gasteiger partial charge in [-0.1, -0.05) is 84.9 Å². The quantitative estimate of drug-likeness (QED) is 0.220. The zero-order valence-corrected chi connectivity index (χ0v) is 21.6. The number of anilines is 2. The van der Waals surface area contributed by atoms with Gasteiger partial charge >= 0.3 is 0 Å². The van der Waals surface area contributed by atoms with Gasteiger partial charge in [0.25, 0.3) is 11.8 Å². The number of benzene rings is 6. The van der Waals surface area contributed by atoms with E-state index < -0.39 is 0 Å². The van der Waals surface area contributed by atoms with Gasteiger partial charge in [-0.15, -0.1) is 0 Å². The van der Waals surface area contributed by atoms with Gasteiger partial charge < -0.3 is 20.1 Å². The van der Waals surface area contributed by atoms with Gasteiger partial charge in [0.15, 0.2) is 13.2 Å². The summed E-state index contributed by atoms with van der Waals surface area (Å²) < 4.78 is 11.5. The monoisotopic (exact) mass is 526 g/mol. The summed E-state index contributed by atoms with van der Waals surface area (Å²) >= 11 is 0. The molecule has 0 unspecified atom stereocenters. The summed E-state index contributed by atoms with van der Waals surface area (Å²) in [7, 11) is 0. The van der Waals surface area contributed by atoms with Crippen molar-refractivity contribution in [3.8, 4) is 11.5 Å². The van der Waals surface area contributed by atoms with E-state index in [2.05, 4.69) is 10.6 Å². The zero-order chi connectivity index (χ0) is 27.3. The molecule has 0 bridgehead atoms. The normalized spacial score (nSPS) is 10.9. The van der Waals surface area contributed by atoms with Crippen molar-refractivity contribution < 1.29 is 19.1 Å². The third-order valence-corrected chi connectivity index (χ3v) is 6.65. The molecule has 40 heavy (non-hydrogen) atoms. The summed E-state index contributed by atoms with van der Waals surface area (Å²) in [6.07, 6.45) is 0. The lowest BCUT2D eigenvalue weighted by molar-refractivity contribution is -0.118. The predicted octanol–water partition coefficient (Wildman–Crippen LogP) is 7.18. The van der Waals surface area contributed by atoms with Gasteiger partial charge in [-0.3, -0.25) is 9.59 Å². The first-order chi connectivity index (χ1) is 19.6. The number of hydrogen-bond acceptors (Lipinski definition) is 4. The molecule has 0 spiro atoms. The number of carbonyl (C=O) groups is 2. The molecule has 6 heteroatoms. The maximum absolute atomic E-state index is 12.7. The lowest BCUT2D eigenvalue weighted by atomic mass is 10.1. The summed E-state index contributed by atoms with van der Waals surface area (Å²) in [5.41, 5.74) is 1.27. The van der Waals surface area contributed by atoms with Crippen molar-refractivity contribution in [1.29, 1.82) is 0 Å². The summed E-state index contributed by atoms with van der Waals surface area (Å²) in [5.74, 6) is 0.697. The Morgan fingerprint density at radius 3 is 1.35 bits per heavy atom. The minimum absolute atomic E-state index is 0.128. The molecule has 6 nitrogen and oxygen atoms in total. The summed E-state index contributed by atoms with van der Waals surface area (Å²) in [6, 6.07) is 38.6. The van der Waals surface area contributed by atoms with Gasteiger partial charge in [-0.2, -0.15) is 0 Å². The molecule has 0 saturated heterocycles. The predicted molar refractivity (Wildman–Crippen MR) is 160 cm³/mol. The fraction of sp³-hybridized carbons (Fsp3) is 0.0588. The van der Waals surface area contributed by atoms with Crippen LogP contribution in [0.25, 0.3) is 32.3 Å². The van der Waals surface area contributed by atoms with Crippen LogP contribution in [0.15, 0.2) is 121 Å². The maximum Gasteiger partial charge on any atom is 0.262 e. The van der Waals surface area contributed by atoms with Crippen molar-refractivity contribution in [2.24, 2.45) is 0 Å². The Hall–Kier alpha value is -5.36. The number of amides is 2. The van der Waals surface area contributed by atoms with Crippen molar-refractivity contribution >= 4 is 55.5 Å². The first-order valence-corrected chi connectivity index (χ1v) is 13.0. The molecule has 0 aliphatic rings. The Bertz CT molecular complexity index is 1730. The van der Waals surface area contributed by atoms with Crippen molar-refractivity contribution in [2.75, 3.05) is 23.8 Å². The van der Waals surface area contributed by atoms with Gasteiger partial charge in [0, 0.05) is 22.1 Å². The largest absolute Gasteiger partial charge is 0.484 e. The Kier molecular flexibility index (Phi) is 6.97. The maximum atomic E-state index is 12.7. The number of nitrogens with one attached hydrogen (secondary N) is 2. The Morgan fingerprint density at radius 2 is 0.900 bits per heavy atom. The van der Waals surface area contributed by atoms with E-state index in [0.29, 0.717) is 22.9 Å². The highest BCUT2D eigenvalue weighted by molar-refractivity contribution is 6.09. The fourth-order valence-electron chi connectivity index (χ4n) is 4.71. The van der Waals surface area contributed by atoms with E-state index in [4.69, 9.17) is 9.47 Å². The van der Waals surface area contributed by atoms with Crippen molar-refractivity contribution in [3.05, 3.63) is 121 Å². The Morgan fingerprint density at radius 1 is 0.475 bits per heavy atom. The van der Waals surface area contributed by atoms with E-state index in [0.717, 1.165) is 32.3 Å². The Balaban J connectivity index is 1.10. The zero-order valence-electron chi connectivity index (χ0n) is 21.6. The van der Waals surface area contributed by atoms with Gasteiger partial charge in [-0.05, 0) is 57.9 Å². The molecule has 6 aromatic carbocycles. The number of carbonyl (C=O) groups excluding carboxylic acids is 2. The van der Waals surface area contributed by atoms with Crippen LogP contribution in [0, 0.1) is 0 Å². The SMILES string of the molecule is O=C(COc1ccc2ccccc2c1)Nc1cccc2c(NC(=O)COc3ccc4ccccc4c3)cccc12. The van der Waals surface area contributed by atoms with Crippen molar-refractivity contribution in [3.63, 3.8) is 0 Å². The lowest BCUT2D eigenvalue weighted by Gasteiger charge is -2.13. The van der Waals surface area contributed by atoms with E-state index in [9.17, 15) is 9.59 Å². The van der Waals surface area contributed by atoms with Gasteiger partial charge in [0.05, 0.1) is 0 Å². The van der Waals surface area contributed by atoms with Gasteiger partial charge in [-0.25, -0.2) is 0 Å². The van der Waals surface area contributed by atoms with E-state index in [-0.39, 0.29) is 25.0 Å². The first-order valence-electron chi connectivity index (χ1n) is 13.0. The molecular formula is C34H26N2O4. The van der Waals surface area contributed by atoms with Crippen LogP contribution in [0.5, 0.6) is 11.5 Å². The van der Waals surface area contributed by atoms with Crippen LogP contribution in [0.3, 0.4) is 0 Å². The second-order valence-electron chi connectivity index (χ2n) is 9.40. The van der Waals surface area contributed by atoms with E-state index in [1.54, 1.807) is 0 Å². The minimum atomic E-state index is -0.279. The Labute approximate surface area is 231 Å². The molecule has 0 fully saturated rings. The molecule has 0 heterocycles. The van der Waals surface area contributed by atoms with Crippen LogP contribution < -0.4 is 20.1 Å². The van der Waals surface area contributed by atoms with Crippen LogP contribution in [0.4, 0.5) is 11.4 Å². The molecule has 6 aromatic rings. The molecule has 0 atom stereocenters. The van der Waals surface area contributed by atoms with Crippen molar-refractivity contribution in [2.45, 2.75) is 0 Å². The number of fused-ring (bicyclic) bond motifs is 3. The fourth-order valence-corrected chi connectivity index (χ4v) is 4.71. The van der Waals surface area contributed by atoms with Gasteiger partial charge in [0.2, 0.25) is 0 Å². The molecule has 6 rings (SSSR count). The van der Waals surface area contributed by atoms with E-state index >= 15 is 0 Å². The molecule has 2 N–H and O–H groups in total. The van der Waals surface area contributed by atoms with Crippen LogP contribution in [0.2, 0.25) is 0 Å². The second kappa shape index (κ2) is 11.2. The first kappa shape index (κ1) is 24.9. The molecule has 0 radical (unpaired) electrons.